The first kappa shape index (κ1) is 96.8. The van der Waals surface area contributed by atoms with Gasteiger partial charge < -0.3 is 208 Å². The van der Waals surface area contributed by atoms with Gasteiger partial charge in [0.05, 0.1) is 68.8 Å². The van der Waals surface area contributed by atoms with E-state index in [0.29, 0.717) is 51.4 Å². The van der Waals surface area contributed by atoms with Crippen molar-refractivity contribution in [2.24, 2.45) is 50.2 Å². The number of carboxylic acid groups (broad SMARTS) is 1. The number of hydrogen-bond donors (Lipinski definition) is 23. The number of aliphatic carboxylic acids is 1. The molecule has 0 bridgehead atoms. The molecule has 14 aliphatic rings. The van der Waals surface area contributed by atoms with Crippen molar-refractivity contribution in [2.45, 2.75) is 378 Å². The Morgan fingerprint density at radius 1 is 0.411 bits per heavy atom. The third kappa shape index (κ3) is 17.3. The van der Waals surface area contributed by atoms with E-state index in [4.69, 9.17) is 85.3 Å². The van der Waals surface area contributed by atoms with Crippen molar-refractivity contribution in [1.82, 2.24) is 0 Å². The van der Waals surface area contributed by atoms with Gasteiger partial charge in [0.1, 0.15) is 177 Å². The lowest BCUT2D eigenvalue weighted by Gasteiger charge is -2.71. The zero-order valence-electron chi connectivity index (χ0n) is 69.8. The van der Waals surface area contributed by atoms with E-state index in [1.165, 1.54) is 13.8 Å². The van der Waals surface area contributed by atoms with Crippen LogP contribution in [0.15, 0.2) is 11.6 Å². The molecule has 0 aromatic heterocycles. The minimum absolute atomic E-state index is 0.0935. The summed E-state index contributed by atoms with van der Waals surface area (Å²) in [6, 6.07) is 0. The molecule has 4 saturated carbocycles. The molecule has 13 fully saturated rings. The highest BCUT2D eigenvalue weighted by molar-refractivity contribution is 5.79. The molecule has 44 nitrogen and oxygen atoms in total. The molecule has 5 aliphatic carbocycles. The minimum Gasteiger partial charge on any atom is -0.479 e. The highest BCUT2D eigenvalue weighted by atomic mass is 16.8. The van der Waals surface area contributed by atoms with Crippen LogP contribution < -0.4 is 0 Å². The maximum absolute atomic E-state index is 16.2. The number of allylic oxidation sites excluding steroid dienone is 2. The van der Waals surface area contributed by atoms with E-state index in [1.807, 2.05) is 0 Å². The monoisotopic (exact) mass is 1790 g/mol. The first-order chi connectivity index (χ1) is 58.3. The van der Waals surface area contributed by atoms with Gasteiger partial charge in [-0.1, -0.05) is 53.2 Å². The van der Waals surface area contributed by atoms with Crippen LogP contribution in [0.2, 0.25) is 0 Å². The van der Waals surface area contributed by atoms with Gasteiger partial charge in [-0.3, -0.25) is 4.79 Å². The highest BCUT2D eigenvalue weighted by Gasteiger charge is 2.72. The second-order valence-electron chi connectivity index (χ2n) is 38.2. The van der Waals surface area contributed by atoms with Crippen molar-refractivity contribution < 1.29 is 217 Å². The van der Waals surface area contributed by atoms with Crippen LogP contribution in [-0.2, 0) is 99.6 Å². The van der Waals surface area contributed by atoms with Crippen LogP contribution in [0.1, 0.15) is 120 Å². The maximum Gasteiger partial charge on any atom is 0.335 e. The Hall–Kier alpha value is -3.21. The van der Waals surface area contributed by atoms with Gasteiger partial charge in [0.2, 0.25) is 6.29 Å². The lowest BCUT2D eigenvalue weighted by molar-refractivity contribution is -0.392. The molecule has 710 valence electrons. The summed E-state index contributed by atoms with van der Waals surface area (Å²) in [7, 11) is 0. The predicted octanol–water partition coefficient (Wildman–Crippen LogP) is -9.03. The highest BCUT2D eigenvalue weighted by Crippen LogP contribution is 2.76. The number of rotatable bonds is 22. The molecule has 44 heteroatoms. The van der Waals surface area contributed by atoms with Crippen LogP contribution in [0.3, 0.4) is 0 Å². The Morgan fingerprint density at radius 3 is 1.46 bits per heavy atom. The van der Waals surface area contributed by atoms with Gasteiger partial charge in [-0.15, -0.1) is 0 Å². The molecule has 3 unspecified atom stereocenters. The number of fused-ring (bicyclic) bond motifs is 7. The zero-order chi connectivity index (χ0) is 90.2. The van der Waals surface area contributed by atoms with Crippen molar-refractivity contribution in [1.29, 1.82) is 0 Å². The van der Waals surface area contributed by atoms with E-state index in [1.54, 1.807) is 6.92 Å². The number of carboxylic acids is 1. The quantitative estimate of drug-likeness (QED) is 0.0207. The number of esters is 1. The van der Waals surface area contributed by atoms with Gasteiger partial charge in [-0.2, -0.15) is 0 Å². The van der Waals surface area contributed by atoms with Crippen LogP contribution in [-0.4, -0.2) is 433 Å². The lowest BCUT2D eigenvalue weighted by Crippen LogP contribution is -2.69. The molecule has 9 aliphatic heterocycles. The first-order valence-corrected chi connectivity index (χ1v) is 42.8. The van der Waals surface area contributed by atoms with E-state index in [-0.39, 0.29) is 24.2 Å². The number of aliphatic hydroxyl groups excluding tert-OH is 22. The fourth-order valence-corrected chi connectivity index (χ4v) is 22.6. The molecule has 0 radical (unpaired) electrons. The van der Waals surface area contributed by atoms with E-state index >= 15 is 4.79 Å². The summed E-state index contributed by atoms with van der Waals surface area (Å²) in [4.78, 5) is 44.2. The van der Waals surface area contributed by atoms with Crippen LogP contribution in [0.5, 0.6) is 0 Å². The second-order valence-corrected chi connectivity index (χ2v) is 38.2. The molecule has 9 heterocycles. The molecule has 0 spiro atoms. The van der Waals surface area contributed by atoms with Crippen LogP contribution in [0.4, 0.5) is 0 Å². The largest absolute Gasteiger partial charge is 0.479 e. The number of carbonyl (C=O) groups is 3. The Bertz CT molecular complexity index is 3660. The second kappa shape index (κ2) is 37.3. The molecule has 0 aromatic rings. The standard InChI is InChI=1S/C80H126O44/c1-27-40(88)59(119-66-48(96)42(90)32(85)23-108-66)54(102)71(111-27)116-56-28(2)112-73(61(52(56)100)121-68-53(101)57(34(87)25-110-68)117-65-47(95)41(89)31(84)22-107-65)124-74(106)80-17-15-75(3,4)19-30(80)29-9-10-38-76(5)13-12-39(77(6,26-83)37(76)11-14-79(38,8)78(29,7)16-18-80)115-72-55(103)60(120-67-49(97)43(91)33(86)24-109-67)62(63(123-72)64(104)105)122-70-51(99)46(94)58(36(21-82)114-70)118-69-50(98)45(93)44(92)35(20-81)113-69/h9,26-28,30-63,65-73,81-82,84-103H,10-25H2,1-8H3,(H,104,105)/t27-,28-,30+,31-,32-,33-,34-,35-,36-,37?,38?,39+,40+,41-,42-,43+,44+,45-,46+,47-,48-,49-,50-,51-,52-,53-,54-,55-,56+,57-,58-,59-,60+,61-,62+,63+,65+,66+,67+,68+,69+,70+,71+,72-,73+,76+,77+,78?,79-,80+/m1/s1. The summed E-state index contributed by atoms with van der Waals surface area (Å²) < 4.78 is 108. The summed E-state index contributed by atoms with van der Waals surface area (Å²) in [5.41, 5.74) is -4.02. The number of carbonyl (C=O) groups excluding carboxylic acids is 2. The fraction of sp³-hybridized carbons (Fsp3) is 0.938. The first-order valence-electron chi connectivity index (χ1n) is 42.8. The van der Waals surface area contributed by atoms with Gasteiger partial charge in [0, 0.05) is 0 Å². The maximum atomic E-state index is 16.2. The van der Waals surface area contributed by atoms with E-state index < -0.39 is 349 Å². The summed E-state index contributed by atoms with van der Waals surface area (Å²) in [5.74, 6) is -3.74. The summed E-state index contributed by atoms with van der Waals surface area (Å²) in [6.07, 6.45) is -70.5. The third-order valence-corrected chi connectivity index (χ3v) is 30.3. The molecule has 50 atom stereocenters. The number of aldehydes is 1. The molecular weight excluding hydrogens is 1660 g/mol. The van der Waals surface area contributed by atoms with Gasteiger partial charge in [0.15, 0.2) is 62.5 Å². The Morgan fingerprint density at radius 2 is 0.879 bits per heavy atom. The van der Waals surface area contributed by atoms with Crippen LogP contribution >= 0.6 is 0 Å². The van der Waals surface area contributed by atoms with Gasteiger partial charge >= 0.3 is 11.9 Å². The number of aliphatic hydroxyl groups is 22. The topological polar surface area (TPSA) is 683 Å². The smallest absolute Gasteiger partial charge is 0.335 e. The Kier molecular flexibility index (Phi) is 29.2. The van der Waals surface area contributed by atoms with E-state index in [0.717, 1.165) is 11.9 Å². The van der Waals surface area contributed by atoms with Gasteiger partial charge in [0.25, 0.3) is 0 Å². The molecule has 14 rings (SSSR count). The molecule has 9 saturated heterocycles. The zero-order valence-corrected chi connectivity index (χ0v) is 69.8. The molecule has 0 amide bonds. The van der Waals surface area contributed by atoms with Crippen molar-refractivity contribution >= 4 is 18.2 Å². The summed E-state index contributed by atoms with van der Waals surface area (Å²) in [5, 5.41) is 254. The molecular formula is C80H126O44. The molecule has 0 aromatic carbocycles. The van der Waals surface area contributed by atoms with Crippen molar-refractivity contribution in [3.05, 3.63) is 11.6 Å². The van der Waals surface area contributed by atoms with Crippen LogP contribution in [0.25, 0.3) is 0 Å². The summed E-state index contributed by atoms with van der Waals surface area (Å²) >= 11 is 0. The minimum atomic E-state index is -2.31. The van der Waals surface area contributed by atoms with Gasteiger partial charge in [-0.05, 0) is 117 Å². The van der Waals surface area contributed by atoms with Crippen molar-refractivity contribution in [3.8, 4) is 0 Å². The fourth-order valence-electron chi connectivity index (χ4n) is 22.6. The van der Waals surface area contributed by atoms with E-state index in [9.17, 15) is 127 Å². The van der Waals surface area contributed by atoms with Crippen LogP contribution in [0, 0.1) is 50.2 Å². The predicted molar refractivity (Wildman–Crippen MR) is 400 cm³/mol. The average Bonchev–Trinajstić information content (AvgIpc) is 0.672. The van der Waals surface area contributed by atoms with Crippen molar-refractivity contribution in [2.75, 3.05) is 39.6 Å². The Labute approximate surface area is 712 Å². The average molecular weight is 1790 g/mol. The lowest BCUT2D eigenvalue weighted by atomic mass is 9.33. The van der Waals surface area contributed by atoms with Gasteiger partial charge in [-0.25, -0.2) is 4.79 Å². The molecule has 23 N–H and O–H groups in total. The SMILES string of the molecule is C[C@H]1O[C@@H](O[C@@H]2[C@@H](O)[C@@H](O[C@@H]3OC[C@@H](O)[C@@H](O[C@@H]4OC[C@@H](O)[C@@H](O)[C@H]4O)[C@H]3O)[C@H](OC(=O)[C@]34CCC(C)(C)C[C@H]3C3=CCC5[C@@]6(C)CC[C@H](O[C@@H]7O[C@H](C(=O)O)[C@@H](O[C@@H]8O[C@H](CO)[C@@H](O[C@@H]9O[C@H](CO)[C@H](O)[C@@H](O)[C@H]9O)[C@@H](O)[C@H]8O)[C@@H](O[C@@H]8OC[C@@H](O)[C@H](O)[C@H]8O)[C@H]7O)[C@@](C)(C=O)C6CC[C@@]5(C)C3(C)CC4)O[C@@H]2C)[C@H](O)[C@H](O[C@@H]2OC[C@@H](O)[C@@H](O)[C@H]2O)[C@H]1O. The number of ether oxygens (including phenoxy) is 18. The molecule has 124 heavy (non-hydrogen) atoms. The number of hydrogen-bond acceptors (Lipinski definition) is 43. The Balaban J connectivity index is 0.710. The van der Waals surface area contributed by atoms with Crippen molar-refractivity contribution in [3.63, 3.8) is 0 Å². The van der Waals surface area contributed by atoms with E-state index in [2.05, 4.69) is 40.7 Å². The summed E-state index contributed by atoms with van der Waals surface area (Å²) in [6.45, 7) is 11.1. The normalized spacial score (nSPS) is 54.8. The third-order valence-electron chi connectivity index (χ3n) is 30.3.